The van der Waals surface area contributed by atoms with E-state index in [4.69, 9.17) is 10.5 Å². The normalized spacial score (nSPS) is 27.2. The third-order valence-electron chi connectivity index (χ3n) is 7.56. The number of amides is 2. The first kappa shape index (κ1) is 20.9. The standard InChI is InChI=1S/C25H29N3O4/c1-16(28-13-12-24(32-23(28)31)9-8-20(29)14-24)17-2-4-18(5-3-17)19-6-7-21(27-15-19)25(10-11-25)22(26)30/h2-7,15-16,20,29H,8-14H2,1H3,(H2,26,30)/t16-,20+,24+/m0/s1. The van der Waals surface area contributed by atoms with Gasteiger partial charge in [-0.2, -0.15) is 0 Å². The van der Waals surface area contributed by atoms with Crippen molar-refractivity contribution in [2.75, 3.05) is 6.54 Å². The number of benzene rings is 1. The van der Waals surface area contributed by atoms with E-state index in [0.29, 0.717) is 19.4 Å². The van der Waals surface area contributed by atoms with Crippen molar-refractivity contribution in [3.63, 3.8) is 0 Å². The van der Waals surface area contributed by atoms with Crippen LogP contribution in [0.5, 0.6) is 0 Å². The van der Waals surface area contributed by atoms with Gasteiger partial charge >= 0.3 is 6.09 Å². The van der Waals surface area contributed by atoms with Gasteiger partial charge in [0.1, 0.15) is 5.60 Å². The van der Waals surface area contributed by atoms with E-state index in [-0.39, 0.29) is 24.1 Å². The zero-order chi connectivity index (χ0) is 22.5. The molecule has 1 aliphatic heterocycles. The molecule has 1 spiro atoms. The maximum Gasteiger partial charge on any atom is 0.410 e. The second kappa shape index (κ2) is 7.59. The van der Waals surface area contributed by atoms with E-state index in [2.05, 4.69) is 4.98 Å². The summed E-state index contributed by atoms with van der Waals surface area (Å²) < 4.78 is 5.80. The van der Waals surface area contributed by atoms with Crippen LogP contribution < -0.4 is 5.73 Å². The molecule has 2 saturated carbocycles. The van der Waals surface area contributed by atoms with Gasteiger partial charge in [0.05, 0.1) is 23.3 Å². The van der Waals surface area contributed by atoms with Gasteiger partial charge in [-0.3, -0.25) is 9.78 Å². The summed E-state index contributed by atoms with van der Waals surface area (Å²) in [5.41, 5.74) is 8.25. The number of hydrogen-bond donors (Lipinski definition) is 2. The fraction of sp³-hybridized carbons (Fsp3) is 0.480. The molecule has 0 unspecified atom stereocenters. The SMILES string of the molecule is C[C@@H](c1ccc(-c2ccc(C3(C(N)=O)CC3)nc2)cc1)N1CC[C@@]2(CC[C@@H](O)C2)OC1=O. The molecule has 3 fully saturated rings. The quantitative estimate of drug-likeness (QED) is 0.748. The maximum atomic E-state index is 12.7. The minimum atomic E-state index is -0.573. The monoisotopic (exact) mass is 435 g/mol. The molecular formula is C25H29N3O4. The van der Waals surface area contributed by atoms with Crippen LogP contribution in [0.4, 0.5) is 4.79 Å². The van der Waals surface area contributed by atoms with E-state index < -0.39 is 11.0 Å². The van der Waals surface area contributed by atoms with Crippen molar-refractivity contribution in [1.82, 2.24) is 9.88 Å². The molecule has 0 radical (unpaired) electrons. The lowest BCUT2D eigenvalue weighted by Gasteiger charge is -2.41. The Morgan fingerprint density at radius 1 is 1.16 bits per heavy atom. The number of aliphatic hydroxyl groups is 1. The number of aromatic nitrogens is 1. The van der Waals surface area contributed by atoms with E-state index in [0.717, 1.165) is 48.1 Å². The summed E-state index contributed by atoms with van der Waals surface area (Å²) in [6.07, 6.45) is 5.39. The number of nitrogens with zero attached hydrogens (tertiary/aromatic N) is 2. The summed E-state index contributed by atoms with van der Waals surface area (Å²) in [5.74, 6) is -0.303. The van der Waals surface area contributed by atoms with Crippen LogP contribution in [0.15, 0.2) is 42.6 Å². The fourth-order valence-corrected chi connectivity index (χ4v) is 5.18. The Kier molecular flexibility index (Phi) is 4.97. The molecule has 168 valence electrons. The third-order valence-corrected chi connectivity index (χ3v) is 7.56. The Balaban J connectivity index is 1.27. The molecule has 2 amide bonds. The molecule has 3 N–H and O–H groups in total. The van der Waals surface area contributed by atoms with Crippen LogP contribution in [0.2, 0.25) is 0 Å². The van der Waals surface area contributed by atoms with Gasteiger partial charge in [-0.1, -0.05) is 30.3 Å². The summed E-state index contributed by atoms with van der Waals surface area (Å²) in [5, 5.41) is 9.86. The van der Waals surface area contributed by atoms with Crippen LogP contribution in [0.3, 0.4) is 0 Å². The summed E-state index contributed by atoms with van der Waals surface area (Å²) in [6.45, 7) is 2.63. The Labute approximate surface area is 187 Å². The second-order valence-corrected chi connectivity index (χ2v) is 9.57. The largest absolute Gasteiger partial charge is 0.443 e. The van der Waals surface area contributed by atoms with Gasteiger partial charge in [0.25, 0.3) is 0 Å². The molecule has 2 heterocycles. The Hall–Kier alpha value is -2.93. The zero-order valence-electron chi connectivity index (χ0n) is 18.3. The summed E-state index contributed by atoms with van der Waals surface area (Å²) in [6, 6.07) is 11.9. The van der Waals surface area contributed by atoms with Crippen LogP contribution >= 0.6 is 0 Å². The van der Waals surface area contributed by atoms with Crippen LogP contribution in [0, 0.1) is 0 Å². The highest BCUT2D eigenvalue weighted by Crippen LogP contribution is 2.47. The van der Waals surface area contributed by atoms with Crippen LogP contribution in [-0.2, 0) is 14.9 Å². The summed E-state index contributed by atoms with van der Waals surface area (Å²) in [7, 11) is 0. The molecule has 1 saturated heterocycles. The molecule has 7 nitrogen and oxygen atoms in total. The van der Waals surface area contributed by atoms with Crippen molar-refractivity contribution in [1.29, 1.82) is 0 Å². The van der Waals surface area contributed by atoms with Crippen molar-refractivity contribution in [3.05, 3.63) is 53.9 Å². The third kappa shape index (κ3) is 3.54. The molecule has 2 aliphatic carbocycles. The van der Waals surface area contributed by atoms with Crippen molar-refractivity contribution < 1.29 is 19.4 Å². The van der Waals surface area contributed by atoms with Crippen molar-refractivity contribution in [2.45, 2.75) is 68.6 Å². The Morgan fingerprint density at radius 2 is 1.88 bits per heavy atom. The number of carbonyl (C=O) groups excluding carboxylic acids is 2. The first-order valence-electron chi connectivity index (χ1n) is 11.4. The van der Waals surface area contributed by atoms with E-state index in [9.17, 15) is 14.7 Å². The molecule has 3 atom stereocenters. The number of ether oxygens (including phenoxy) is 1. The summed E-state index contributed by atoms with van der Waals surface area (Å²) >= 11 is 0. The van der Waals surface area contributed by atoms with E-state index in [1.54, 1.807) is 11.1 Å². The van der Waals surface area contributed by atoms with Crippen LogP contribution in [0.1, 0.15) is 62.7 Å². The van der Waals surface area contributed by atoms with E-state index >= 15 is 0 Å². The number of primary amides is 1. The van der Waals surface area contributed by atoms with Crippen molar-refractivity contribution in [2.24, 2.45) is 5.73 Å². The molecule has 3 aliphatic rings. The smallest absolute Gasteiger partial charge is 0.410 e. The predicted octanol–water partition coefficient (Wildman–Crippen LogP) is 3.45. The topological polar surface area (TPSA) is 106 Å². The first-order valence-corrected chi connectivity index (χ1v) is 11.4. The highest BCUT2D eigenvalue weighted by molar-refractivity contribution is 5.89. The Morgan fingerprint density at radius 3 is 2.41 bits per heavy atom. The molecule has 1 aromatic carbocycles. The minimum absolute atomic E-state index is 0.106. The molecule has 7 heteroatoms. The van der Waals surface area contributed by atoms with Gasteiger partial charge in [-0.15, -0.1) is 0 Å². The predicted molar refractivity (Wildman–Crippen MR) is 119 cm³/mol. The second-order valence-electron chi connectivity index (χ2n) is 9.57. The maximum absolute atomic E-state index is 12.7. The van der Waals surface area contributed by atoms with E-state index in [1.807, 2.05) is 43.3 Å². The zero-order valence-corrected chi connectivity index (χ0v) is 18.3. The van der Waals surface area contributed by atoms with Gasteiger partial charge in [0.2, 0.25) is 5.91 Å². The number of nitrogens with two attached hydrogens (primary N) is 1. The average molecular weight is 436 g/mol. The van der Waals surface area contributed by atoms with Gasteiger partial charge in [0, 0.05) is 31.1 Å². The Bertz CT molecular complexity index is 1030. The van der Waals surface area contributed by atoms with Crippen molar-refractivity contribution >= 4 is 12.0 Å². The number of pyridine rings is 1. The van der Waals surface area contributed by atoms with Crippen LogP contribution in [0.25, 0.3) is 11.1 Å². The van der Waals surface area contributed by atoms with Gasteiger partial charge in [0.15, 0.2) is 0 Å². The molecule has 0 bridgehead atoms. The van der Waals surface area contributed by atoms with Crippen LogP contribution in [-0.4, -0.2) is 45.2 Å². The fourth-order valence-electron chi connectivity index (χ4n) is 5.18. The number of carbonyl (C=O) groups is 2. The number of rotatable bonds is 5. The van der Waals surface area contributed by atoms with Gasteiger partial charge in [-0.25, -0.2) is 4.79 Å². The van der Waals surface area contributed by atoms with Crippen molar-refractivity contribution in [3.8, 4) is 11.1 Å². The molecule has 2 aromatic rings. The highest BCUT2D eigenvalue weighted by atomic mass is 16.6. The number of aliphatic hydroxyl groups excluding tert-OH is 1. The average Bonchev–Trinajstić information content (AvgIpc) is 3.53. The molecule has 1 aromatic heterocycles. The molecule has 5 rings (SSSR count). The molecular weight excluding hydrogens is 406 g/mol. The van der Waals surface area contributed by atoms with Gasteiger partial charge in [-0.05, 0) is 49.8 Å². The van der Waals surface area contributed by atoms with Gasteiger partial charge < -0.3 is 20.5 Å². The lowest BCUT2D eigenvalue weighted by Crippen LogP contribution is -2.49. The lowest BCUT2D eigenvalue weighted by molar-refractivity contribution is -0.120. The molecule has 32 heavy (non-hydrogen) atoms. The lowest BCUT2D eigenvalue weighted by atomic mass is 9.94. The summed E-state index contributed by atoms with van der Waals surface area (Å²) in [4.78, 5) is 30.7. The van der Waals surface area contributed by atoms with E-state index in [1.165, 1.54) is 0 Å². The number of hydrogen-bond acceptors (Lipinski definition) is 5. The first-order chi connectivity index (χ1) is 15.3. The minimum Gasteiger partial charge on any atom is -0.443 e. The highest BCUT2D eigenvalue weighted by Gasteiger charge is 2.51.